The van der Waals surface area contributed by atoms with Crippen LogP contribution in [0.5, 0.6) is 5.75 Å². The Labute approximate surface area is 137 Å². The predicted octanol–water partition coefficient (Wildman–Crippen LogP) is 4.21. The Bertz CT molecular complexity index is 604. The van der Waals surface area contributed by atoms with Crippen molar-refractivity contribution in [3.05, 3.63) is 63.1 Å². The Hall–Kier alpha value is -1.07. The van der Waals surface area contributed by atoms with Crippen molar-refractivity contribution in [3.8, 4) is 5.75 Å². The third kappa shape index (κ3) is 3.98. The van der Waals surface area contributed by atoms with Crippen molar-refractivity contribution in [2.24, 2.45) is 0 Å². The van der Waals surface area contributed by atoms with Crippen molar-refractivity contribution in [2.45, 2.75) is 6.10 Å². The van der Waals surface area contributed by atoms with Crippen molar-refractivity contribution in [1.82, 2.24) is 0 Å². The van der Waals surface area contributed by atoms with Gasteiger partial charge in [-0.15, -0.1) is 0 Å². The summed E-state index contributed by atoms with van der Waals surface area (Å²) in [5.41, 5.74) is 1.31. The molecule has 0 aliphatic carbocycles. The number of benzene rings is 2. The van der Waals surface area contributed by atoms with Crippen LogP contribution in [0.4, 0.5) is 0 Å². The van der Waals surface area contributed by atoms with Crippen LogP contribution in [0.25, 0.3) is 0 Å². The van der Waals surface area contributed by atoms with E-state index in [1.807, 2.05) is 36.4 Å². The van der Waals surface area contributed by atoms with Gasteiger partial charge in [-0.1, -0.05) is 41.9 Å². The molecule has 1 N–H and O–H groups in total. The summed E-state index contributed by atoms with van der Waals surface area (Å²) in [6, 6.07) is 12.8. The first-order valence-electron chi connectivity index (χ1n) is 6.47. The van der Waals surface area contributed by atoms with Gasteiger partial charge in [-0.25, -0.2) is 0 Å². The second kappa shape index (κ2) is 7.80. The maximum Gasteiger partial charge on any atom is 0.125 e. The molecule has 0 saturated heterocycles. The van der Waals surface area contributed by atoms with E-state index in [1.54, 1.807) is 13.2 Å². The van der Waals surface area contributed by atoms with Gasteiger partial charge in [-0.2, -0.15) is 0 Å². The smallest absolute Gasteiger partial charge is 0.125 e. The Morgan fingerprint density at radius 3 is 2.57 bits per heavy atom. The van der Waals surface area contributed by atoms with Crippen LogP contribution < -0.4 is 4.74 Å². The summed E-state index contributed by atoms with van der Waals surface area (Å²) in [4.78, 5) is 0. The lowest BCUT2D eigenvalue weighted by molar-refractivity contribution is 0.142. The minimum Gasteiger partial charge on any atom is -0.491 e. The van der Waals surface area contributed by atoms with E-state index >= 15 is 0 Å². The molecule has 0 aromatic heterocycles. The zero-order valence-electron chi connectivity index (χ0n) is 11.6. The minimum absolute atomic E-state index is 0.423. The fourth-order valence-electron chi connectivity index (χ4n) is 1.97. The zero-order chi connectivity index (χ0) is 15.2. The van der Waals surface area contributed by atoms with Gasteiger partial charge < -0.3 is 14.6 Å². The predicted molar refractivity (Wildman–Crippen MR) is 87.0 cm³/mol. The van der Waals surface area contributed by atoms with Gasteiger partial charge in [0.1, 0.15) is 18.5 Å². The van der Waals surface area contributed by atoms with E-state index < -0.39 is 6.10 Å². The highest BCUT2D eigenvalue weighted by Crippen LogP contribution is 2.36. The van der Waals surface area contributed by atoms with Crippen LogP contribution in [0.15, 0.2) is 46.9 Å². The van der Waals surface area contributed by atoms with E-state index in [9.17, 15) is 5.11 Å². The van der Waals surface area contributed by atoms with Crippen LogP contribution in [0.1, 0.15) is 17.2 Å². The highest BCUT2D eigenvalue weighted by Gasteiger charge is 2.19. The van der Waals surface area contributed by atoms with Crippen molar-refractivity contribution in [1.29, 1.82) is 0 Å². The largest absolute Gasteiger partial charge is 0.491 e. The van der Waals surface area contributed by atoms with Gasteiger partial charge in [0.15, 0.2) is 0 Å². The Morgan fingerprint density at radius 2 is 1.81 bits per heavy atom. The number of para-hydroxylation sites is 1. The fraction of sp³-hybridized carbons (Fsp3) is 0.250. The molecule has 0 saturated carbocycles. The molecule has 0 spiro atoms. The Kier molecular flexibility index (Phi) is 6.06. The van der Waals surface area contributed by atoms with E-state index in [1.165, 1.54) is 0 Å². The van der Waals surface area contributed by atoms with E-state index in [2.05, 4.69) is 15.9 Å². The van der Waals surface area contributed by atoms with Gasteiger partial charge in [0.05, 0.1) is 11.6 Å². The highest BCUT2D eigenvalue weighted by atomic mass is 79.9. The molecule has 2 aromatic carbocycles. The van der Waals surface area contributed by atoms with Crippen LogP contribution >= 0.6 is 27.5 Å². The lowest BCUT2D eigenvalue weighted by Crippen LogP contribution is -2.08. The molecule has 0 heterocycles. The summed E-state index contributed by atoms with van der Waals surface area (Å²) >= 11 is 9.62. The first-order valence-corrected chi connectivity index (χ1v) is 7.65. The molecular formula is C16H16BrClO3. The molecule has 3 nitrogen and oxygen atoms in total. The zero-order valence-corrected chi connectivity index (χ0v) is 13.9. The molecule has 21 heavy (non-hydrogen) atoms. The van der Waals surface area contributed by atoms with Crippen molar-refractivity contribution in [2.75, 3.05) is 20.3 Å². The third-order valence-electron chi connectivity index (χ3n) is 3.03. The Balaban J connectivity index is 2.30. The third-order valence-corrected chi connectivity index (χ3v) is 4.35. The summed E-state index contributed by atoms with van der Waals surface area (Å²) in [6.45, 7) is 0.911. The van der Waals surface area contributed by atoms with Crippen LogP contribution in [0.2, 0.25) is 5.02 Å². The number of rotatable bonds is 6. The van der Waals surface area contributed by atoms with Gasteiger partial charge in [-0.05, 0) is 28.1 Å². The van der Waals surface area contributed by atoms with E-state index in [0.717, 1.165) is 4.47 Å². The summed E-state index contributed by atoms with van der Waals surface area (Å²) in [5.74, 6) is 0.623. The molecule has 0 fully saturated rings. The monoisotopic (exact) mass is 370 g/mol. The van der Waals surface area contributed by atoms with Gasteiger partial charge in [0.25, 0.3) is 0 Å². The van der Waals surface area contributed by atoms with Crippen LogP contribution in [-0.2, 0) is 4.74 Å². The number of hydrogen-bond acceptors (Lipinski definition) is 3. The topological polar surface area (TPSA) is 38.7 Å². The number of aliphatic hydroxyl groups is 1. The van der Waals surface area contributed by atoms with Gasteiger partial charge in [0.2, 0.25) is 0 Å². The second-order valence-corrected chi connectivity index (χ2v) is 5.66. The number of ether oxygens (including phenoxy) is 2. The molecule has 5 heteroatoms. The standard InChI is InChI=1S/C16H16BrClO3/c1-20-9-10-21-14-8-3-2-5-11(14)16(19)12-6-4-7-13(17)15(12)18/h2-8,16,19H,9-10H2,1H3. The SMILES string of the molecule is COCCOc1ccccc1C(O)c1cccc(Br)c1Cl. The van der Waals surface area contributed by atoms with Crippen LogP contribution in [0.3, 0.4) is 0 Å². The summed E-state index contributed by atoms with van der Waals surface area (Å²) in [7, 11) is 1.62. The average Bonchev–Trinajstić information content (AvgIpc) is 2.50. The molecule has 0 aliphatic rings. The second-order valence-electron chi connectivity index (χ2n) is 4.42. The molecule has 0 aliphatic heterocycles. The number of aliphatic hydroxyl groups excluding tert-OH is 1. The molecule has 0 amide bonds. The normalized spacial score (nSPS) is 12.2. The van der Waals surface area contributed by atoms with E-state index in [0.29, 0.717) is 35.1 Å². The van der Waals surface area contributed by atoms with Crippen molar-refractivity contribution < 1.29 is 14.6 Å². The van der Waals surface area contributed by atoms with Crippen LogP contribution in [0, 0.1) is 0 Å². The van der Waals surface area contributed by atoms with Crippen molar-refractivity contribution >= 4 is 27.5 Å². The molecule has 2 aromatic rings. The summed E-state index contributed by atoms with van der Waals surface area (Å²) < 4.78 is 11.4. The summed E-state index contributed by atoms with van der Waals surface area (Å²) in [5, 5.41) is 11.1. The van der Waals surface area contributed by atoms with E-state index in [-0.39, 0.29) is 0 Å². The molecule has 1 atom stereocenters. The van der Waals surface area contributed by atoms with Gasteiger partial charge in [-0.3, -0.25) is 0 Å². The fourth-order valence-corrected chi connectivity index (χ4v) is 2.58. The maximum absolute atomic E-state index is 10.6. The molecule has 112 valence electrons. The van der Waals surface area contributed by atoms with Gasteiger partial charge in [0, 0.05) is 22.7 Å². The van der Waals surface area contributed by atoms with E-state index in [4.69, 9.17) is 21.1 Å². The molecule has 0 radical (unpaired) electrons. The first-order chi connectivity index (χ1) is 10.1. The summed E-state index contributed by atoms with van der Waals surface area (Å²) in [6.07, 6.45) is -0.853. The first kappa shape index (κ1) is 16.3. The van der Waals surface area contributed by atoms with Crippen molar-refractivity contribution in [3.63, 3.8) is 0 Å². The molecular weight excluding hydrogens is 356 g/mol. The average molecular weight is 372 g/mol. The molecule has 2 rings (SSSR count). The minimum atomic E-state index is -0.853. The van der Waals surface area contributed by atoms with Gasteiger partial charge >= 0.3 is 0 Å². The quantitative estimate of drug-likeness (QED) is 0.773. The molecule has 0 bridgehead atoms. The molecule has 1 unspecified atom stereocenters. The highest BCUT2D eigenvalue weighted by molar-refractivity contribution is 9.10. The number of halogens is 2. The maximum atomic E-state index is 10.6. The lowest BCUT2D eigenvalue weighted by Gasteiger charge is -2.18. The Morgan fingerprint density at radius 1 is 1.10 bits per heavy atom. The lowest BCUT2D eigenvalue weighted by atomic mass is 10.0. The number of hydrogen-bond donors (Lipinski definition) is 1. The number of methoxy groups -OCH3 is 1. The van der Waals surface area contributed by atoms with Crippen LogP contribution in [-0.4, -0.2) is 25.4 Å².